The van der Waals surface area contributed by atoms with Crippen LogP contribution in [0, 0.1) is 12.8 Å². The first-order chi connectivity index (χ1) is 9.61. The highest BCUT2D eigenvalue weighted by Gasteiger charge is 2.28. The molecule has 1 N–H and O–H groups in total. The second-order valence-corrected chi connectivity index (χ2v) is 6.51. The van der Waals surface area contributed by atoms with Crippen molar-refractivity contribution in [1.29, 1.82) is 0 Å². The highest BCUT2D eigenvalue weighted by molar-refractivity contribution is 5.29. The predicted octanol–water partition coefficient (Wildman–Crippen LogP) is 3.77. The van der Waals surface area contributed by atoms with Crippen LogP contribution in [-0.2, 0) is 0 Å². The minimum absolute atomic E-state index is 0.462. The molecule has 1 fully saturated rings. The third-order valence-electron chi connectivity index (χ3n) is 4.53. The molecule has 1 aliphatic heterocycles. The summed E-state index contributed by atoms with van der Waals surface area (Å²) in [5.74, 6) is 0.841. The Labute approximate surface area is 124 Å². The highest BCUT2D eigenvalue weighted by Crippen LogP contribution is 2.26. The molecule has 1 aromatic carbocycles. The molecule has 0 amide bonds. The molecule has 0 aromatic heterocycles. The molecule has 0 radical (unpaired) electrons. The van der Waals surface area contributed by atoms with Crippen LogP contribution in [0.3, 0.4) is 0 Å². The molecular formula is C18H30N2. The maximum absolute atomic E-state index is 3.75. The largest absolute Gasteiger partial charge is 0.309 e. The number of hydrogen-bond acceptors (Lipinski definition) is 2. The molecule has 0 aliphatic carbocycles. The normalized spacial score (nSPS) is 25.0. The lowest BCUT2D eigenvalue weighted by molar-refractivity contribution is 0.234. The molecule has 112 valence electrons. The first-order valence-electron chi connectivity index (χ1n) is 8.14. The van der Waals surface area contributed by atoms with E-state index in [4.69, 9.17) is 0 Å². The summed E-state index contributed by atoms with van der Waals surface area (Å²) < 4.78 is 0. The zero-order valence-electron chi connectivity index (χ0n) is 13.5. The molecule has 0 bridgehead atoms. The fourth-order valence-corrected chi connectivity index (χ4v) is 3.44. The van der Waals surface area contributed by atoms with Crippen LogP contribution in [0.4, 0.5) is 0 Å². The van der Waals surface area contributed by atoms with Crippen LogP contribution >= 0.6 is 0 Å². The molecule has 20 heavy (non-hydrogen) atoms. The van der Waals surface area contributed by atoms with Crippen molar-refractivity contribution in [3.8, 4) is 0 Å². The molecule has 2 nitrogen and oxygen atoms in total. The Kier molecular flexibility index (Phi) is 5.62. The van der Waals surface area contributed by atoms with E-state index in [9.17, 15) is 0 Å². The van der Waals surface area contributed by atoms with Crippen LogP contribution < -0.4 is 5.32 Å². The number of nitrogens with one attached hydrogen (secondary N) is 1. The lowest BCUT2D eigenvalue weighted by atomic mass is 10.0. The van der Waals surface area contributed by atoms with Crippen LogP contribution in [0.15, 0.2) is 24.3 Å². The summed E-state index contributed by atoms with van der Waals surface area (Å²) in [6.45, 7) is 12.7. The number of nitrogens with zero attached hydrogens (tertiary/aromatic N) is 1. The quantitative estimate of drug-likeness (QED) is 0.849. The SMILES string of the molecule is CCCNC(CN1CC(C)CC1C)c1ccccc1C. The average Bonchev–Trinajstić information content (AvgIpc) is 2.73. The summed E-state index contributed by atoms with van der Waals surface area (Å²) in [5.41, 5.74) is 2.87. The Morgan fingerprint density at radius 1 is 1.30 bits per heavy atom. The zero-order chi connectivity index (χ0) is 14.5. The maximum Gasteiger partial charge on any atom is 0.0452 e. The maximum atomic E-state index is 3.75. The minimum atomic E-state index is 0.462. The van der Waals surface area contributed by atoms with E-state index < -0.39 is 0 Å². The number of benzene rings is 1. The Hall–Kier alpha value is -0.860. The van der Waals surface area contributed by atoms with Gasteiger partial charge in [-0.3, -0.25) is 4.90 Å². The third kappa shape index (κ3) is 3.83. The summed E-state index contributed by atoms with van der Waals surface area (Å²) in [6, 6.07) is 10.00. The van der Waals surface area contributed by atoms with E-state index in [1.807, 2.05) is 0 Å². The van der Waals surface area contributed by atoms with Gasteiger partial charge < -0.3 is 5.32 Å². The van der Waals surface area contributed by atoms with Crippen molar-refractivity contribution in [2.45, 2.75) is 52.6 Å². The monoisotopic (exact) mass is 274 g/mol. The fraction of sp³-hybridized carbons (Fsp3) is 0.667. The van der Waals surface area contributed by atoms with E-state index in [-0.39, 0.29) is 0 Å². The molecule has 0 saturated carbocycles. The van der Waals surface area contributed by atoms with Gasteiger partial charge in [0.05, 0.1) is 0 Å². The standard InChI is InChI=1S/C18H30N2/c1-5-10-19-18(17-9-7-6-8-15(17)3)13-20-12-14(2)11-16(20)4/h6-9,14,16,18-19H,5,10-13H2,1-4H3. The van der Waals surface area contributed by atoms with Gasteiger partial charge in [0.15, 0.2) is 0 Å². The van der Waals surface area contributed by atoms with Crippen molar-refractivity contribution < 1.29 is 0 Å². The Morgan fingerprint density at radius 2 is 2.05 bits per heavy atom. The van der Waals surface area contributed by atoms with Gasteiger partial charge in [0, 0.05) is 25.2 Å². The number of hydrogen-bond donors (Lipinski definition) is 1. The van der Waals surface area contributed by atoms with Crippen LogP contribution in [0.2, 0.25) is 0 Å². The Balaban J connectivity index is 2.10. The fourth-order valence-electron chi connectivity index (χ4n) is 3.44. The first kappa shape index (κ1) is 15.5. The first-order valence-corrected chi connectivity index (χ1v) is 8.14. The molecule has 1 aromatic rings. The lowest BCUT2D eigenvalue weighted by Crippen LogP contribution is -2.37. The van der Waals surface area contributed by atoms with Crippen molar-refractivity contribution in [1.82, 2.24) is 10.2 Å². The number of aryl methyl sites for hydroxylation is 1. The van der Waals surface area contributed by atoms with Gasteiger partial charge in [-0.05, 0) is 50.3 Å². The highest BCUT2D eigenvalue weighted by atomic mass is 15.2. The average molecular weight is 274 g/mol. The van der Waals surface area contributed by atoms with Gasteiger partial charge >= 0.3 is 0 Å². The smallest absolute Gasteiger partial charge is 0.0452 e. The molecule has 1 aliphatic rings. The second kappa shape index (κ2) is 7.24. The van der Waals surface area contributed by atoms with Crippen LogP contribution in [0.5, 0.6) is 0 Å². The van der Waals surface area contributed by atoms with E-state index in [1.165, 1.54) is 30.5 Å². The summed E-state index contributed by atoms with van der Waals surface area (Å²) in [5, 5.41) is 3.75. The van der Waals surface area contributed by atoms with Crippen molar-refractivity contribution in [3.63, 3.8) is 0 Å². The minimum Gasteiger partial charge on any atom is -0.309 e. The Morgan fingerprint density at radius 3 is 2.65 bits per heavy atom. The molecule has 2 heteroatoms. The van der Waals surface area contributed by atoms with Gasteiger partial charge in [-0.1, -0.05) is 38.1 Å². The van der Waals surface area contributed by atoms with Crippen molar-refractivity contribution in [2.75, 3.05) is 19.6 Å². The van der Waals surface area contributed by atoms with Crippen molar-refractivity contribution in [2.24, 2.45) is 5.92 Å². The van der Waals surface area contributed by atoms with Gasteiger partial charge in [0.1, 0.15) is 0 Å². The summed E-state index contributed by atoms with van der Waals surface area (Å²) in [7, 11) is 0. The van der Waals surface area contributed by atoms with Crippen molar-refractivity contribution >= 4 is 0 Å². The van der Waals surface area contributed by atoms with Gasteiger partial charge in [0.25, 0.3) is 0 Å². The molecule has 3 atom stereocenters. The molecule has 1 heterocycles. The van der Waals surface area contributed by atoms with Crippen LogP contribution in [0.1, 0.15) is 50.8 Å². The van der Waals surface area contributed by atoms with E-state index in [0.717, 1.165) is 25.0 Å². The lowest BCUT2D eigenvalue weighted by Gasteiger charge is -2.29. The van der Waals surface area contributed by atoms with E-state index in [2.05, 4.69) is 62.2 Å². The summed E-state index contributed by atoms with van der Waals surface area (Å²) in [6.07, 6.45) is 2.53. The number of rotatable bonds is 6. The van der Waals surface area contributed by atoms with E-state index in [0.29, 0.717) is 6.04 Å². The molecule has 0 spiro atoms. The molecule has 2 rings (SSSR count). The molecule has 3 unspecified atom stereocenters. The topological polar surface area (TPSA) is 15.3 Å². The van der Waals surface area contributed by atoms with Gasteiger partial charge in [0.2, 0.25) is 0 Å². The number of likely N-dealkylation sites (tertiary alicyclic amines) is 1. The predicted molar refractivity (Wildman–Crippen MR) is 87.0 cm³/mol. The molecule has 1 saturated heterocycles. The molecular weight excluding hydrogens is 244 g/mol. The van der Waals surface area contributed by atoms with Crippen molar-refractivity contribution in [3.05, 3.63) is 35.4 Å². The van der Waals surface area contributed by atoms with Gasteiger partial charge in [-0.25, -0.2) is 0 Å². The van der Waals surface area contributed by atoms with E-state index >= 15 is 0 Å². The zero-order valence-corrected chi connectivity index (χ0v) is 13.5. The van der Waals surface area contributed by atoms with Crippen LogP contribution in [0.25, 0.3) is 0 Å². The third-order valence-corrected chi connectivity index (χ3v) is 4.53. The van der Waals surface area contributed by atoms with Gasteiger partial charge in [-0.15, -0.1) is 0 Å². The second-order valence-electron chi connectivity index (χ2n) is 6.51. The Bertz CT molecular complexity index is 416. The summed E-state index contributed by atoms with van der Waals surface area (Å²) >= 11 is 0. The van der Waals surface area contributed by atoms with Gasteiger partial charge in [-0.2, -0.15) is 0 Å². The summed E-state index contributed by atoms with van der Waals surface area (Å²) in [4.78, 5) is 2.66. The van der Waals surface area contributed by atoms with E-state index in [1.54, 1.807) is 0 Å². The van der Waals surface area contributed by atoms with Crippen LogP contribution in [-0.4, -0.2) is 30.6 Å².